The van der Waals surface area contributed by atoms with E-state index in [1.54, 1.807) is 6.07 Å². The molecule has 2 N–H and O–H groups in total. The van der Waals surface area contributed by atoms with Gasteiger partial charge in [-0.1, -0.05) is 23.7 Å². The number of anilines is 2. The van der Waals surface area contributed by atoms with E-state index in [9.17, 15) is 4.79 Å². The van der Waals surface area contributed by atoms with Crippen LogP contribution in [0.4, 0.5) is 11.4 Å². The van der Waals surface area contributed by atoms with Crippen LogP contribution >= 0.6 is 11.6 Å². The molecule has 0 aromatic heterocycles. The lowest BCUT2D eigenvalue weighted by Gasteiger charge is -2.37. The van der Waals surface area contributed by atoms with E-state index in [4.69, 9.17) is 22.1 Å². The molecule has 1 aliphatic rings. The van der Waals surface area contributed by atoms with Crippen molar-refractivity contribution in [3.05, 3.63) is 53.1 Å². The van der Waals surface area contributed by atoms with E-state index in [0.29, 0.717) is 49.1 Å². The van der Waals surface area contributed by atoms with Crippen molar-refractivity contribution in [2.75, 3.05) is 43.4 Å². The molecule has 2 aromatic carbocycles. The third kappa shape index (κ3) is 3.82. The van der Waals surface area contributed by atoms with Gasteiger partial charge in [-0.2, -0.15) is 0 Å². The minimum atomic E-state index is 0.0216. The molecule has 5 nitrogen and oxygen atoms in total. The molecular formula is C19H22ClN3O2. The van der Waals surface area contributed by atoms with Gasteiger partial charge in [0, 0.05) is 31.7 Å². The molecule has 2 aromatic rings. The fraction of sp³-hybridized carbons (Fsp3) is 0.316. The van der Waals surface area contributed by atoms with E-state index in [2.05, 4.69) is 4.90 Å². The van der Waals surface area contributed by atoms with Gasteiger partial charge in [-0.15, -0.1) is 0 Å². The number of nitrogen functional groups attached to an aromatic ring is 1. The van der Waals surface area contributed by atoms with Gasteiger partial charge >= 0.3 is 0 Å². The van der Waals surface area contributed by atoms with Crippen molar-refractivity contribution in [3.63, 3.8) is 0 Å². The van der Waals surface area contributed by atoms with Crippen molar-refractivity contribution in [3.8, 4) is 5.75 Å². The number of halogens is 1. The first-order valence-corrected chi connectivity index (χ1v) is 8.79. The number of amides is 1. The zero-order valence-electron chi connectivity index (χ0n) is 14.2. The molecule has 6 heteroatoms. The minimum Gasteiger partial charge on any atom is -0.494 e. The Morgan fingerprint density at radius 2 is 1.88 bits per heavy atom. The predicted octanol–water partition coefficient (Wildman–Crippen LogP) is 3.28. The molecule has 132 valence electrons. The summed E-state index contributed by atoms with van der Waals surface area (Å²) in [5.74, 6) is 0.740. The van der Waals surface area contributed by atoms with Crippen LogP contribution in [0.2, 0.25) is 5.02 Å². The summed E-state index contributed by atoms with van der Waals surface area (Å²) in [6.45, 7) is 5.16. The third-order valence-corrected chi connectivity index (χ3v) is 4.60. The van der Waals surface area contributed by atoms with Gasteiger partial charge in [0.05, 0.1) is 23.0 Å². The Labute approximate surface area is 152 Å². The highest BCUT2D eigenvalue weighted by atomic mass is 35.5. The Kier molecular flexibility index (Phi) is 5.34. The van der Waals surface area contributed by atoms with Gasteiger partial charge in [0.25, 0.3) is 5.91 Å². The minimum absolute atomic E-state index is 0.0216. The topological polar surface area (TPSA) is 58.8 Å². The van der Waals surface area contributed by atoms with E-state index >= 15 is 0 Å². The van der Waals surface area contributed by atoms with Crippen LogP contribution in [0.3, 0.4) is 0 Å². The van der Waals surface area contributed by atoms with Crippen molar-refractivity contribution in [1.29, 1.82) is 0 Å². The molecule has 0 aliphatic carbocycles. The van der Waals surface area contributed by atoms with Crippen LogP contribution in [-0.4, -0.2) is 43.6 Å². The Morgan fingerprint density at radius 3 is 2.56 bits per heavy atom. The van der Waals surface area contributed by atoms with Gasteiger partial charge in [0.1, 0.15) is 5.75 Å². The van der Waals surface area contributed by atoms with E-state index in [-0.39, 0.29) is 5.91 Å². The summed E-state index contributed by atoms with van der Waals surface area (Å²) in [5.41, 5.74) is 8.23. The number of ether oxygens (including phenoxy) is 1. The highest BCUT2D eigenvalue weighted by Crippen LogP contribution is 2.32. The number of carbonyl (C=O) groups is 1. The van der Waals surface area contributed by atoms with Crippen LogP contribution in [0, 0.1) is 0 Å². The first kappa shape index (κ1) is 17.4. The number of carbonyl (C=O) groups excluding carboxylic acids is 1. The fourth-order valence-electron chi connectivity index (χ4n) is 3.07. The lowest BCUT2D eigenvalue weighted by Crippen LogP contribution is -2.49. The molecule has 0 bridgehead atoms. The summed E-state index contributed by atoms with van der Waals surface area (Å²) in [6, 6.07) is 12.8. The molecule has 0 spiro atoms. The van der Waals surface area contributed by atoms with Crippen LogP contribution in [-0.2, 0) is 0 Å². The Hall–Kier alpha value is -2.40. The van der Waals surface area contributed by atoms with Gasteiger partial charge in [-0.3, -0.25) is 4.79 Å². The van der Waals surface area contributed by atoms with Gasteiger partial charge in [-0.25, -0.2) is 0 Å². The van der Waals surface area contributed by atoms with Gasteiger partial charge in [0.2, 0.25) is 0 Å². The third-order valence-electron chi connectivity index (χ3n) is 4.29. The van der Waals surface area contributed by atoms with E-state index < -0.39 is 0 Å². The number of hydrogen-bond acceptors (Lipinski definition) is 4. The maximum atomic E-state index is 12.7. The Morgan fingerprint density at radius 1 is 1.16 bits per heavy atom. The molecule has 1 heterocycles. The molecular weight excluding hydrogens is 338 g/mol. The summed E-state index contributed by atoms with van der Waals surface area (Å²) in [6.07, 6.45) is 0. The molecule has 25 heavy (non-hydrogen) atoms. The van der Waals surface area contributed by atoms with Crippen LogP contribution in [0.5, 0.6) is 5.75 Å². The zero-order valence-corrected chi connectivity index (χ0v) is 15.0. The molecule has 0 atom stereocenters. The number of nitrogens with two attached hydrogens (primary N) is 1. The summed E-state index contributed by atoms with van der Waals surface area (Å²) >= 11 is 6.29. The molecule has 1 aliphatic heterocycles. The Bertz CT molecular complexity index is 738. The van der Waals surface area contributed by atoms with Crippen LogP contribution in [0.15, 0.2) is 42.5 Å². The number of piperazine rings is 1. The van der Waals surface area contributed by atoms with E-state index in [0.717, 1.165) is 11.4 Å². The lowest BCUT2D eigenvalue weighted by molar-refractivity contribution is 0.0746. The number of para-hydroxylation sites is 1. The molecule has 1 fully saturated rings. The molecule has 3 rings (SSSR count). The second-order valence-electron chi connectivity index (χ2n) is 5.92. The number of rotatable bonds is 4. The van der Waals surface area contributed by atoms with Gasteiger partial charge < -0.3 is 20.3 Å². The first-order chi connectivity index (χ1) is 12.1. The predicted molar refractivity (Wildman–Crippen MR) is 102 cm³/mol. The number of benzene rings is 2. The first-order valence-electron chi connectivity index (χ1n) is 8.41. The SMILES string of the molecule is CCOc1cccc(C(=O)N2CCN(c3c(N)cccc3Cl)CC2)c1. The van der Waals surface area contributed by atoms with Crippen molar-refractivity contribution in [2.24, 2.45) is 0 Å². The maximum absolute atomic E-state index is 12.7. The monoisotopic (exact) mass is 359 g/mol. The van der Waals surface area contributed by atoms with Crippen LogP contribution in [0.1, 0.15) is 17.3 Å². The van der Waals surface area contributed by atoms with Crippen molar-refractivity contribution < 1.29 is 9.53 Å². The van der Waals surface area contributed by atoms with Gasteiger partial charge in [-0.05, 0) is 37.3 Å². The van der Waals surface area contributed by atoms with Crippen molar-refractivity contribution in [2.45, 2.75) is 6.92 Å². The number of hydrogen-bond donors (Lipinski definition) is 1. The molecule has 0 saturated carbocycles. The zero-order chi connectivity index (χ0) is 17.8. The lowest BCUT2D eigenvalue weighted by atomic mass is 10.1. The smallest absolute Gasteiger partial charge is 0.254 e. The van der Waals surface area contributed by atoms with E-state index in [1.807, 2.05) is 48.2 Å². The standard InChI is InChI=1S/C19H22ClN3O2/c1-2-25-15-6-3-5-14(13-15)19(24)23-11-9-22(10-12-23)18-16(20)7-4-8-17(18)21/h3-8,13H,2,9-12,21H2,1H3. The highest BCUT2D eigenvalue weighted by molar-refractivity contribution is 6.34. The van der Waals surface area contributed by atoms with Crippen molar-refractivity contribution in [1.82, 2.24) is 4.90 Å². The maximum Gasteiger partial charge on any atom is 0.254 e. The second kappa shape index (κ2) is 7.66. The second-order valence-corrected chi connectivity index (χ2v) is 6.32. The summed E-state index contributed by atoms with van der Waals surface area (Å²) in [7, 11) is 0. The Balaban J connectivity index is 1.68. The molecule has 0 unspecified atom stereocenters. The summed E-state index contributed by atoms with van der Waals surface area (Å²) < 4.78 is 5.48. The van der Waals surface area contributed by atoms with Crippen LogP contribution in [0.25, 0.3) is 0 Å². The number of nitrogens with zero attached hydrogens (tertiary/aromatic N) is 2. The fourth-order valence-corrected chi connectivity index (χ4v) is 3.37. The molecule has 1 amide bonds. The summed E-state index contributed by atoms with van der Waals surface area (Å²) in [4.78, 5) is 16.7. The van der Waals surface area contributed by atoms with Gasteiger partial charge in [0.15, 0.2) is 0 Å². The molecule has 1 saturated heterocycles. The molecule has 0 radical (unpaired) electrons. The van der Waals surface area contributed by atoms with Crippen LogP contribution < -0.4 is 15.4 Å². The summed E-state index contributed by atoms with van der Waals surface area (Å²) in [5, 5.41) is 0.643. The largest absolute Gasteiger partial charge is 0.494 e. The van der Waals surface area contributed by atoms with Crippen molar-refractivity contribution >= 4 is 28.9 Å². The average Bonchev–Trinajstić information content (AvgIpc) is 2.62. The quantitative estimate of drug-likeness (QED) is 0.851. The average molecular weight is 360 g/mol. The highest BCUT2D eigenvalue weighted by Gasteiger charge is 2.24. The normalized spacial score (nSPS) is 14.5. The van der Waals surface area contributed by atoms with E-state index in [1.165, 1.54) is 0 Å².